The number of aliphatic hydroxyl groups excluding tert-OH is 1. The summed E-state index contributed by atoms with van der Waals surface area (Å²) in [5.74, 6) is -1.15. The average Bonchev–Trinajstić information content (AvgIpc) is 1.65. The van der Waals surface area contributed by atoms with Crippen LogP contribution in [0, 0.1) is 0 Å². The zero-order valence-corrected chi connectivity index (χ0v) is 5.59. The molecule has 0 heterocycles. The minimum Gasteiger partial charge on any atom is -0.479 e. The molecule has 0 fully saturated rings. The topological polar surface area (TPSA) is 152 Å². The number of hydrogen-bond acceptors (Lipinski definition) is 2. The maximum atomic E-state index is 9.68. The molecular weight excluding hydrogens is 144 g/mol. The lowest BCUT2D eigenvalue weighted by atomic mass is 10.3. The van der Waals surface area contributed by atoms with E-state index in [4.69, 9.17) is 10.2 Å². The Morgan fingerprint density at radius 3 is 1.70 bits per heavy atom. The van der Waals surface area contributed by atoms with Gasteiger partial charge in [-0.05, 0) is 6.42 Å². The molecule has 6 nitrogen and oxygen atoms in total. The molecule has 10 heavy (non-hydrogen) atoms. The number of aliphatic carboxylic acids is 1. The third-order valence-corrected chi connectivity index (χ3v) is 0.672. The lowest BCUT2D eigenvalue weighted by molar-refractivity contribution is -0.146. The van der Waals surface area contributed by atoms with E-state index in [2.05, 4.69) is 0 Å². The minimum atomic E-state index is -1.18. The molecular formula is C4H14O6. The highest BCUT2D eigenvalue weighted by atomic mass is 16.4. The van der Waals surface area contributed by atoms with Crippen LogP contribution in [0.25, 0.3) is 0 Å². The summed E-state index contributed by atoms with van der Waals surface area (Å²) >= 11 is 0. The van der Waals surface area contributed by atoms with Gasteiger partial charge in [-0.15, -0.1) is 0 Å². The van der Waals surface area contributed by atoms with Gasteiger partial charge in [-0.25, -0.2) is 4.79 Å². The molecule has 0 radical (unpaired) electrons. The smallest absolute Gasteiger partial charge is 0.332 e. The van der Waals surface area contributed by atoms with Crippen molar-refractivity contribution in [2.45, 2.75) is 19.4 Å². The van der Waals surface area contributed by atoms with Crippen molar-refractivity contribution in [1.29, 1.82) is 0 Å². The first-order chi connectivity index (χ1) is 3.18. The highest BCUT2D eigenvalue weighted by Crippen LogP contribution is 1.86. The first-order valence-corrected chi connectivity index (χ1v) is 2.09. The van der Waals surface area contributed by atoms with Crippen molar-refractivity contribution in [2.24, 2.45) is 0 Å². The molecule has 0 saturated carbocycles. The average molecular weight is 158 g/mol. The van der Waals surface area contributed by atoms with Crippen molar-refractivity contribution in [3.05, 3.63) is 0 Å². The van der Waals surface area contributed by atoms with Crippen LogP contribution in [-0.2, 0) is 4.79 Å². The monoisotopic (exact) mass is 158 g/mol. The summed E-state index contributed by atoms with van der Waals surface area (Å²) in [6.07, 6.45) is -0.907. The van der Waals surface area contributed by atoms with E-state index in [1.807, 2.05) is 0 Å². The summed E-state index contributed by atoms with van der Waals surface area (Å²) in [6, 6.07) is 0. The van der Waals surface area contributed by atoms with Crippen molar-refractivity contribution < 1.29 is 31.4 Å². The van der Waals surface area contributed by atoms with Gasteiger partial charge in [0.2, 0.25) is 0 Å². The highest BCUT2D eigenvalue weighted by Gasteiger charge is 2.07. The third kappa shape index (κ3) is 10.3. The van der Waals surface area contributed by atoms with Gasteiger partial charge in [-0.1, -0.05) is 6.92 Å². The van der Waals surface area contributed by atoms with E-state index in [9.17, 15) is 4.79 Å². The fourth-order valence-electron chi connectivity index (χ4n) is 0.175. The molecule has 1 unspecified atom stereocenters. The van der Waals surface area contributed by atoms with E-state index in [0.717, 1.165) is 0 Å². The summed E-state index contributed by atoms with van der Waals surface area (Å²) in [5, 5.41) is 16.3. The van der Waals surface area contributed by atoms with Crippen LogP contribution in [-0.4, -0.2) is 38.7 Å². The molecule has 0 bridgehead atoms. The molecule has 8 N–H and O–H groups in total. The molecule has 0 aliphatic heterocycles. The first kappa shape index (κ1) is 22.8. The Hall–Kier alpha value is -0.690. The van der Waals surface area contributed by atoms with Gasteiger partial charge in [-0.2, -0.15) is 0 Å². The second-order valence-corrected chi connectivity index (χ2v) is 1.26. The van der Waals surface area contributed by atoms with Gasteiger partial charge in [-0.3, -0.25) is 0 Å². The standard InChI is InChI=1S/C4H8O3.3H2O/c1-2-3(5)4(6)7;;;/h3,5H,2H2,1H3,(H,6,7);3*1H2. The predicted molar refractivity (Wildman–Crippen MR) is 34.8 cm³/mol. The Balaban J connectivity index is -0.0000000600. The van der Waals surface area contributed by atoms with E-state index in [0.29, 0.717) is 0 Å². The molecule has 0 saturated heterocycles. The van der Waals surface area contributed by atoms with Crippen LogP contribution >= 0.6 is 0 Å². The molecule has 1 atom stereocenters. The quantitative estimate of drug-likeness (QED) is 0.451. The summed E-state index contributed by atoms with van der Waals surface area (Å²) in [4.78, 5) is 9.68. The van der Waals surface area contributed by atoms with Gasteiger partial charge >= 0.3 is 5.97 Å². The molecule has 66 valence electrons. The largest absolute Gasteiger partial charge is 0.479 e. The fourth-order valence-corrected chi connectivity index (χ4v) is 0.175. The van der Waals surface area contributed by atoms with Gasteiger partial charge in [0.25, 0.3) is 0 Å². The summed E-state index contributed by atoms with van der Waals surface area (Å²) in [7, 11) is 0. The fraction of sp³-hybridized carbons (Fsp3) is 0.750. The van der Waals surface area contributed by atoms with Crippen LogP contribution in [0.2, 0.25) is 0 Å². The molecule has 0 spiro atoms. The zero-order valence-electron chi connectivity index (χ0n) is 5.59. The van der Waals surface area contributed by atoms with Crippen LogP contribution in [0.3, 0.4) is 0 Å². The van der Waals surface area contributed by atoms with Crippen LogP contribution < -0.4 is 0 Å². The van der Waals surface area contributed by atoms with Crippen molar-refractivity contribution in [1.82, 2.24) is 0 Å². The first-order valence-electron chi connectivity index (χ1n) is 2.09. The van der Waals surface area contributed by atoms with Crippen molar-refractivity contribution in [3.8, 4) is 0 Å². The van der Waals surface area contributed by atoms with Crippen LogP contribution in [0.5, 0.6) is 0 Å². The number of carboxylic acids is 1. The van der Waals surface area contributed by atoms with Crippen LogP contribution in [0.4, 0.5) is 0 Å². The van der Waals surface area contributed by atoms with Crippen molar-refractivity contribution in [2.75, 3.05) is 0 Å². The maximum Gasteiger partial charge on any atom is 0.332 e. The Morgan fingerprint density at radius 2 is 1.70 bits per heavy atom. The molecule has 0 amide bonds. The molecule has 0 aliphatic carbocycles. The maximum absolute atomic E-state index is 9.68. The Morgan fingerprint density at radius 1 is 1.40 bits per heavy atom. The van der Waals surface area contributed by atoms with E-state index >= 15 is 0 Å². The summed E-state index contributed by atoms with van der Waals surface area (Å²) in [6.45, 7) is 1.61. The van der Waals surface area contributed by atoms with E-state index in [1.54, 1.807) is 6.92 Å². The van der Waals surface area contributed by atoms with Gasteiger partial charge < -0.3 is 26.6 Å². The van der Waals surface area contributed by atoms with Crippen LogP contribution in [0.15, 0.2) is 0 Å². The molecule has 0 aliphatic rings. The number of carbonyl (C=O) groups is 1. The Kier molecular flexibility index (Phi) is 25.4. The highest BCUT2D eigenvalue weighted by molar-refractivity contribution is 5.71. The lowest BCUT2D eigenvalue weighted by Gasteiger charge is -1.95. The summed E-state index contributed by atoms with van der Waals surface area (Å²) < 4.78 is 0. The Bertz CT molecular complexity index is 72.1. The molecule has 0 aromatic heterocycles. The number of rotatable bonds is 2. The van der Waals surface area contributed by atoms with E-state index < -0.39 is 12.1 Å². The molecule has 6 heteroatoms. The summed E-state index contributed by atoms with van der Waals surface area (Å²) in [5.41, 5.74) is 0. The zero-order chi connectivity index (χ0) is 5.86. The van der Waals surface area contributed by atoms with Gasteiger partial charge in [0.1, 0.15) is 0 Å². The SMILES string of the molecule is CCC(O)C(=O)O.O.O.O. The number of carboxylic acid groups (broad SMARTS) is 1. The third-order valence-electron chi connectivity index (χ3n) is 0.672. The van der Waals surface area contributed by atoms with Crippen molar-refractivity contribution in [3.63, 3.8) is 0 Å². The second-order valence-electron chi connectivity index (χ2n) is 1.26. The van der Waals surface area contributed by atoms with Gasteiger partial charge in [0, 0.05) is 0 Å². The number of hydrogen-bond donors (Lipinski definition) is 2. The minimum absolute atomic E-state index is 0. The molecule has 0 aromatic carbocycles. The normalized spacial score (nSPS) is 9.40. The Labute approximate surface area is 58.0 Å². The predicted octanol–water partition coefficient (Wildman–Crippen LogP) is -2.63. The van der Waals surface area contributed by atoms with Gasteiger partial charge in [0.05, 0.1) is 0 Å². The second kappa shape index (κ2) is 11.2. The van der Waals surface area contributed by atoms with Gasteiger partial charge in [0.15, 0.2) is 6.10 Å². The lowest BCUT2D eigenvalue weighted by Crippen LogP contribution is -2.17. The van der Waals surface area contributed by atoms with Crippen molar-refractivity contribution >= 4 is 5.97 Å². The molecule has 0 aromatic rings. The molecule has 0 rings (SSSR count). The van der Waals surface area contributed by atoms with Crippen LogP contribution in [0.1, 0.15) is 13.3 Å². The number of aliphatic hydroxyl groups is 1. The van der Waals surface area contributed by atoms with E-state index in [1.165, 1.54) is 0 Å². The van der Waals surface area contributed by atoms with E-state index in [-0.39, 0.29) is 22.8 Å².